The molecule has 3 N–H and O–H groups in total. The molecule has 0 saturated heterocycles. The van der Waals surface area contributed by atoms with Gasteiger partial charge in [0, 0.05) is 11.3 Å². The van der Waals surface area contributed by atoms with Gasteiger partial charge < -0.3 is 15.4 Å². The Kier molecular flexibility index (Phi) is 6.62. The molecule has 1 atom stereocenters. The van der Waals surface area contributed by atoms with E-state index < -0.39 is 10.0 Å². The molecule has 0 fully saturated rings. The minimum absolute atomic E-state index is 0.159. The van der Waals surface area contributed by atoms with Crippen LogP contribution in [0.25, 0.3) is 5.70 Å². The molecule has 0 bridgehead atoms. The van der Waals surface area contributed by atoms with Crippen molar-refractivity contribution >= 4 is 39.1 Å². The molecule has 0 aliphatic carbocycles. The molecule has 3 aromatic rings. The van der Waals surface area contributed by atoms with Crippen molar-refractivity contribution in [2.45, 2.75) is 17.3 Å². The standard InChI is InChI=1S/C24H23N3O4S2/c1-16-6-12-21(13-7-16)33(29,30)27-19-5-3-4-18(14-19)23(28)26-24-25-22(15-32-24)17-8-10-20(31-2)11-9-17/h3-15,24-25,27H,1-2H3,(H,26,28). The molecule has 1 aliphatic heterocycles. The minimum Gasteiger partial charge on any atom is -0.497 e. The van der Waals surface area contributed by atoms with E-state index in [1.165, 1.54) is 17.8 Å². The van der Waals surface area contributed by atoms with E-state index in [0.29, 0.717) is 11.3 Å². The van der Waals surface area contributed by atoms with Gasteiger partial charge in [-0.05, 0) is 72.5 Å². The lowest BCUT2D eigenvalue weighted by molar-refractivity contribution is 0.0948. The fraction of sp³-hybridized carbons (Fsp3) is 0.125. The van der Waals surface area contributed by atoms with E-state index in [1.54, 1.807) is 49.6 Å². The van der Waals surface area contributed by atoms with E-state index in [-0.39, 0.29) is 16.3 Å². The molecule has 33 heavy (non-hydrogen) atoms. The van der Waals surface area contributed by atoms with E-state index >= 15 is 0 Å². The average Bonchev–Trinajstić information content (AvgIpc) is 3.28. The van der Waals surface area contributed by atoms with Crippen LogP contribution < -0.4 is 20.1 Å². The average molecular weight is 482 g/mol. The summed E-state index contributed by atoms with van der Waals surface area (Å²) in [7, 11) is -2.14. The van der Waals surface area contributed by atoms with Gasteiger partial charge in [0.25, 0.3) is 15.9 Å². The number of benzene rings is 3. The highest BCUT2D eigenvalue weighted by Gasteiger charge is 2.21. The second kappa shape index (κ2) is 9.60. The molecule has 7 nitrogen and oxygen atoms in total. The van der Waals surface area contributed by atoms with Gasteiger partial charge in [0.15, 0.2) is 5.50 Å². The molecule has 9 heteroatoms. The van der Waals surface area contributed by atoms with Gasteiger partial charge in [0.2, 0.25) is 0 Å². The molecule has 170 valence electrons. The number of rotatable bonds is 7. The molecule has 4 rings (SSSR count). The fourth-order valence-corrected chi connectivity index (χ4v) is 5.09. The number of nitrogens with one attached hydrogen (secondary N) is 3. The third-order valence-electron chi connectivity index (χ3n) is 4.98. The Balaban J connectivity index is 1.39. The number of methoxy groups -OCH3 is 1. The summed E-state index contributed by atoms with van der Waals surface area (Å²) in [5.41, 5.74) is 3.16. The highest BCUT2D eigenvalue weighted by atomic mass is 32.2. The molecule has 0 spiro atoms. The highest BCUT2D eigenvalue weighted by molar-refractivity contribution is 8.03. The Labute approximate surface area is 197 Å². The van der Waals surface area contributed by atoms with E-state index in [9.17, 15) is 13.2 Å². The summed E-state index contributed by atoms with van der Waals surface area (Å²) in [6.45, 7) is 1.89. The van der Waals surface area contributed by atoms with Gasteiger partial charge in [-0.1, -0.05) is 35.5 Å². The smallest absolute Gasteiger partial charge is 0.261 e. The van der Waals surface area contributed by atoms with Crippen molar-refractivity contribution in [2.24, 2.45) is 0 Å². The molecule has 0 aromatic heterocycles. The van der Waals surface area contributed by atoms with Crippen LogP contribution in [-0.4, -0.2) is 26.9 Å². The lowest BCUT2D eigenvalue weighted by Gasteiger charge is -2.16. The van der Waals surface area contributed by atoms with E-state index in [0.717, 1.165) is 22.6 Å². The van der Waals surface area contributed by atoms with Crippen molar-refractivity contribution in [3.8, 4) is 5.75 Å². The molecule has 1 unspecified atom stereocenters. The van der Waals surface area contributed by atoms with E-state index in [1.807, 2.05) is 36.6 Å². The maximum atomic E-state index is 12.8. The number of aryl methyl sites for hydroxylation is 1. The molecule has 3 aromatic carbocycles. The Morgan fingerprint density at radius 1 is 1.03 bits per heavy atom. The van der Waals surface area contributed by atoms with Crippen LogP contribution in [0, 0.1) is 6.92 Å². The van der Waals surface area contributed by atoms with Crippen LogP contribution in [0.15, 0.2) is 83.1 Å². The van der Waals surface area contributed by atoms with Crippen LogP contribution in [0.3, 0.4) is 0 Å². The molecule has 1 aliphatic rings. The van der Waals surface area contributed by atoms with Crippen LogP contribution in [-0.2, 0) is 10.0 Å². The predicted molar refractivity (Wildman–Crippen MR) is 131 cm³/mol. The van der Waals surface area contributed by atoms with Crippen LogP contribution in [0.5, 0.6) is 5.75 Å². The number of ether oxygens (including phenoxy) is 1. The number of sulfonamides is 1. The Bertz CT molecular complexity index is 1290. The zero-order chi connectivity index (χ0) is 23.4. The maximum Gasteiger partial charge on any atom is 0.261 e. The summed E-state index contributed by atoms with van der Waals surface area (Å²) < 4.78 is 33.0. The van der Waals surface area contributed by atoms with Gasteiger partial charge >= 0.3 is 0 Å². The van der Waals surface area contributed by atoms with E-state index in [4.69, 9.17) is 4.74 Å². The number of amides is 1. The highest BCUT2D eigenvalue weighted by Crippen LogP contribution is 2.27. The van der Waals surface area contributed by atoms with Gasteiger partial charge in [-0.2, -0.15) is 0 Å². The Morgan fingerprint density at radius 3 is 2.45 bits per heavy atom. The van der Waals surface area contributed by atoms with Gasteiger partial charge in [0.1, 0.15) is 5.75 Å². The lowest BCUT2D eigenvalue weighted by atomic mass is 10.1. The number of carbonyl (C=O) groups is 1. The number of carbonyl (C=O) groups excluding carboxylic acids is 1. The summed E-state index contributed by atoms with van der Waals surface area (Å²) in [6.07, 6.45) is 0. The molecular weight excluding hydrogens is 458 g/mol. The number of thioether (sulfide) groups is 1. The summed E-state index contributed by atoms with van der Waals surface area (Å²) >= 11 is 1.44. The first-order chi connectivity index (χ1) is 15.8. The summed E-state index contributed by atoms with van der Waals surface area (Å²) in [5, 5.41) is 8.11. The quantitative estimate of drug-likeness (QED) is 0.469. The monoisotopic (exact) mass is 481 g/mol. The van der Waals surface area contributed by atoms with Gasteiger partial charge in [-0.3, -0.25) is 9.52 Å². The molecule has 1 heterocycles. The zero-order valence-electron chi connectivity index (χ0n) is 18.0. The van der Waals surface area contributed by atoms with Gasteiger partial charge in [-0.25, -0.2) is 8.42 Å². The minimum atomic E-state index is -3.75. The van der Waals surface area contributed by atoms with Crippen molar-refractivity contribution in [3.05, 3.63) is 94.9 Å². The second-order valence-corrected chi connectivity index (χ2v) is 10.1. The Hall–Kier alpha value is -3.43. The first-order valence-electron chi connectivity index (χ1n) is 10.1. The molecule has 0 radical (unpaired) electrons. The van der Waals surface area contributed by atoms with Crippen LogP contribution in [0.4, 0.5) is 5.69 Å². The van der Waals surface area contributed by atoms with Crippen LogP contribution >= 0.6 is 11.8 Å². The largest absolute Gasteiger partial charge is 0.497 e. The van der Waals surface area contributed by atoms with Crippen molar-refractivity contribution < 1.29 is 17.9 Å². The molecule has 1 amide bonds. The van der Waals surface area contributed by atoms with Crippen LogP contribution in [0.1, 0.15) is 21.5 Å². The van der Waals surface area contributed by atoms with Crippen molar-refractivity contribution in [1.82, 2.24) is 10.6 Å². The SMILES string of the molecule is COc1ccc(C2=CSC(NC(=O)c3cccc(NS(=O)(=O)c4ccc(C)cc4)c3)N2)cc1. The second-order valence-electron chi connectivity index (χ2n) is 7.39. The van der Waals surface area contributed by atoms with Crippen LogP contribution in [0.2, 0.25) is 0 Å². The van der Waals surface area contributed by atoms with Crippen molar-refractivity contribution in [1.29, 1.82) is 0 Å². The third-order valence-corrected chi connectivity index (χ3v) is 7.26. The first kappa shape index (κ1) is 22.8. The lowest BCUT2D eigenvalue weighted by Crippen LogP contribution is -2.39. The number of hydrogen-bond donors (Lipinski definition) is 3. The summed E-state index contributed by atoms with van der Waals surface area (Å²) in [5.74, 6) is 0.452. The predicted octanol–water partition coefficient (Wildman–Crippen LogP) is 4.15. The Morgan fingerprint density at radius 2 is 1.76 bits per heavy atom. The number of hydrogen-bond acceptors (Lipinski definition) is 6. The molecular formula is C24H23N3O4S2. The number of anilines is 1. The van der Waals surface area contributed by atoms with Gasteiger partial charge in [-0.15, -0.1) is 0 Å². The first-order valence-corrected chi connectivity index (χ1v) is 12.5. The van der Waals surface area contributed by atoms with Crippen molar-refractivity contribution in [2.75, 3.05) is 11.8 Å². The topological polar surface area (TPSA) is 96.5 Å². The van der Waals surface area contributed by atoms with E-state index in [2.05, 4.69) is 15.4 Å². The summed E-state index contributed by atoms with van der Waals surface area (Å²) in [6, 6.07) is 20.6. The maximum absolute atomic E-state index is 12.8. The zero-order valence-corrected chi connectivity index (χ0v) is 19.7. The third kappa shape index (κ3) is 5.50. The van der Waals surface area contributed by atoms with Crippen molar-refractivity contribution in [3.63, 3.8) is 0 Å². The van der Waals surface area contributed by atoms with Gasteiger partial charge in [0.05, 0.1) is 17.7 Å². The normalized spacial score (nSPS) is 15.3. The summed E-state index contributed by atoms with van der Waals surface area (Å²) in [4.78, 5) is 12.9. The fourth-order valence-electron chi connectivity index (χ4n) is 3.20. The molecule has 0 saturated carbocycles.